The van der Waals surface area contributed by atoms with Gasteiger partial charge in [-0.3, -0.25) is 4.98 Å². The molecular formula is C9H6N2S. The molecule has 3 heteroatoms. The van der Waals surface area contributed by atoms with Gasteiger partial charge in [0.05, 0.1) is 11.7 Å². The van der Waals surface area contributed by atoms with Crippen LogP contribution in [0.2, 0.25) is 0 Å². The monoisotopic (exact) mass is 174 g/mol. The second-order valence-corrected chi connectivity index (χ2v) is 2.83. The lowest BCUT2D eigenvalue weighted by Crippen LogP contribution is -1.69. The van der Waals surface area contributed by atoms with Crippen LogP contribution in [0.4, 0.5) is 0 Å². The van der Waals surface area contributed by atoms with Crippen LogP contribution in [-0.2, 0) is 0 Å². The van der Waals surface area contributed by atoms with Crippen molar-refractivity contribution < 1.29 is 0 Å². The minimum absolute atomic E-state index is 0.524. The Morgan fingerprint density at radius 2 is 1.92 bits per heavy atom. The van der Waals surface area contributed by atoms with Crippen molar-refractivity contribution in [3.63, 3.8) is 0 Å². The first-order chi connectivity index (χ1) is 5.86. The standard InChI is InChI=1S/C9H6N2S/c12-9-6-10-5-7-3-1-2-4-8(7)11-9/h1-6H. The largest absolute Gasteiger partial charge is 0.261 e. The fourth-order valence-corrected chi connectivity index (χ4v) is 1.19. The van der Waals surface area contributed by atoms with Gasteiger partial charge in [0, 0.05) is 11.6 Å². The zero-order chi connectivity index (χ0) is 8.39. The van der Waals surface area contributed by atoms with Gasteiger partial charge in [0.1, 0.15) is 4.64 Å². The Bertz CT molecular complexity index is 468. The first-order valence-corrected chi connectivity index (χ1v) is 3.98. The minimum Gasteiger partial charge on any atom is -0.261 e. The Hall–Kier alpha value is -1.35. The van der Waals surface area contributed by atoms with Crippen molar-refractivity contribution >= 4 is 23.1 Å². The molecule has 0 fully saturated rings. The summed E-state index contributed by atoms with van der Waals surface area (Å²) < 4.78 is 0.524. The van der Waals surface area contributed by atoms with Crippen molar-refractivity contribution in [1.82, 2.24) is 9.97 Å². The predicted molar refractivity (Wildman–Crippen MR) is 50.4 cm³/mol. The highest BCUT2D eigenvalue weighted by atomic mass is 32.1. The number of nitrogens with zero attached hydrogens (tertiary/aromatic N) is 2. The van der Waals surface area contributed by atoms with Crippen molar-refractivity contribution in [3.8, 4) is 0 Å². The molecule has 0 amide bonds. The van der Waals surface area contributed by atoms with Crippen LogP contribution in [0.15, 0.2) is 36.7 Å². The molecular weight excluding hydrogens is 168 g/mol. The zero-order valence-electron chi connectivity index (χ0n) is 6.27. The summed E-state index contributed by atoms with van der Waals surface area (Å²) in [5, 5.41) is 1.01. The molecule has 1 aromatic heterocycles. The molecule has 2 nitrogen and oxygen atoms in total. The van der Waals surface area contributed by atoms with E-state index in [2.05, 4.69) is 9.97 Å². The number of hydrogen-bond donors (Lipinski definition) is 0. The molecule has 0 atom stereocenters. The molecule has 12 heavy (non-hydrogen) atoms. The smallest absolute Gasteiger partial charge is 0.145 e. The number of benzene rings is 1. The number of rotatable bonds is 0. The molecule has 0 bridgehead atoms. The van der Waals surface area contributed by atoms with E-state index in [9.17, 15) is 0 Å². The van der Waals surface area contributed by atoms with Crippen molar-refractivity contribution in [2.75, 3.05) is 0 Å². The summed E-state index contributed by atoms with van der Waals surface area (Å²) in [5.74, 6) is 0. The average molecular weight is 174 g/mol. The topological polar surface area (TPSA) is 25.8 Å². The molecule has 0 saturated heterocycles. The average Bonchev–Trinajstić information content (AvgIpc) is 2.25. The summed E-state index contributed by atoms with van der Waals surface area (Å²) >= 11 is 4.93. The summed E-state index contributed by atoms with van der Waals surface area (Å²) in [4.78, 5) is 8.20. The number of para-hydroxylation sites is 1. The maximum atomic E-state index is 4.93. The third kappa shape index (κ3) is 1.31. The Morgan fingerprint density at radius 3 is 2.83 bits per heavy atom. The Kier molecular flexibility index (Phi) is 1.80. The lowest BCUT2D eigenvalue weighted by atomic mass is 10.2. The first kappa shape index (κ1) is 7.31. The molecule has 0 aliphatic rings. The van der Waals surface area contributed by atoms with Crippen LogP contribution < -0.4 is 0 Å². The Morgan fingerprint density at radius 1 is 1.08 bits per heavy atom. The second kappa shape index (κ2) is 2.95. The van der Waals surface area contributed by atoms with Crippen molar-refractivity contribution in [2.24, 2.45) is 0 Å². The molecule has 1 heterocycles. The Balaban J connectivity index is 2.98. The van der Waals surface area contributed by atoms with E-state index in [1.54, 1.807) is 12.4 Å². The van der Waals surface area contributed by atoms with E-state index in [1.807, 2.05) is 24.3 Å². The fourth-order valence-electron chi connectivity index (χ4n) is 1.03. The van der Waals surface area contributed by atoms with Crippen LogP contribution in [0.5, 0.6) is 0 Å². The van der Waals surface area contributed by atoms with Gasteiger partial charge in [-0.2, -0.15) is 0 Å². The summed E-state index contributed by atoms with van der Waals surface area (Å²) in [7, 11) is 0. The summed E-state index contributed by atoms with van der Waals surface area (Å²) in [6, 6.07) is 7.77. The molecule has 2 aromatic rings. The lowest BCUT2D eigenvalue weighted by Gasteiger charge is -1.85. The molecule has 2 rings (SSSR count). The third-order valence-corrected chi connectivity index (χ3v) is 1.76. The fraction of sp³-hybridized carbons (Fsp3) is 0. The van der Waals surface area contributed by atoms with E-state index >= 15 is 0 Å². The highest BCUT2D eigenvalue weighted by Gasteiger charge is 1.88. The highest BCUT2D eigenvalue weighted by Crippen LogP contribution is 2.06. The van der Waals surface area contributed by atoms with Gasteiger partial charge in [-0.15, -0.1) is 0 Å². The molecule has 0 spiro atoms. The quantitative estimate of drug-likeness (QED) is 0.573. The van der Waals surface area contributed by atoms with E-state index in [0.717, 1.165) is 10.9 Å². The van der Waals surface area contributed by atoms with Gasteiger partial charge in [-0.25, -0.2) is 4.98 Å². The van der Waals surface area contributed by atoms with Gasteiger partial charge in [-0.1, -0.05) is 30.4 Å². The van der Waals surface area contributed by atoms with Crippen LogP contribution in [0.3, 0.4) is 0 Å². The summed E-state index contributed by atoms with van der Waals surface area (Å²) in [5.41, 5.74) is 0.889. The van der Waals surface area contributed by atoms with E-state index < -0.39 is 0 Å². The van der Waals surface area contributed by atoms with E-state index in [-0.39, 0.29) is 0 Å². The van der Waals surface area contributed by atoms with Gasteiger partial charge in [0.2, 0.25) is 0 Å². The maximum absolute atomic E-state index is 4.93. The van der Waals surface area contributed by atoms with E-state index in [1.165, 1.54) is 0 Å². The minimum atomic E-state index is 0.524. The number of fused-ring (bicyclic) bond motifs is 1. The molecule has 0 aliphatic carbocycles. The molecule has 58 valence electrons. The van der Waals surface area contributed by atoms with Crippen LogP contribution in [0, 0.1) is 4.64 Å². The van der Waals surface area contributed by atoms with Crippen LogP contribution >= 0.6 is 12.2 Å². The predicted octanol–water partition coefficient (Wildman–Crippen LogP) is 2.36. The summed E-state index contributed by atoms with van der Waals surface area (Å²) in [6.07, 6.45) is 3.34. The van der Waals surface area contributed by atoms with E-state index in [4.69, 9.17) is 12.2 Å². The second-order valence-electron chi connectivity index (χ2n) is 2.42. The normalized spacial score (nSPS) is 10.0. The molecule has 0 aliphatic heterocycles. The van der Waals surface area contributed by atoms with Crippen LogP contribution in [-0.4, -0.2) is 9.97 Å². The third-order valence-electron chi connectivity index (χ3n) is 1.57. The van der Waals surface area contributed by atoms with Crippen LogP contribution in [0.1, 0.15) is 0 Å². The maximum Gasteiger partial charge on any atom is 0.145 e. The number of aromatic nitrogens is 2. The van der Waals surface area contributed by atoms with Gasteiger partial charge >= 0.3 is 0 Å². The van der Waals surface area contributed by atoms with Crippen molar-refractivity contribution in [1.29, 1.82) is 0 Å². The van der Waals surface area contributed by atoms with Crippen LogP contribution in [0.25, 0.3) is 10.9 Å². The van der Waals surface area contributed by atoms with Crippen molar-refractivity contribution in [2.45, 2.75) is 0 Å². The Labute approximate surface area is 74.9 Å². The molecule has 0 radical (unpaired) electrons. The zero-order valence-corrected chi connectivity index (χ0v) is 7.08. The molecule has 0 saturated carbocycles. The summed E-state index contributed by atoms with van der Waals surface area (Å²) in [6.45, 7) is 0. The molecule has 0 unspecified atom stereocenters. The highest BCUT2D eigenvalue weighted by molar-refractivity contribution is 7.71. The van der Waals surface area contributed by atoms with Gasteiger partial charge in [0.15, 0.2) is 0 Å². The van der Waals surface area contributed by atoms with E-state index in [0.29, 0.717) is 4.64 Å². The molecule has 1 aromatic carbocycles. The van der Waals surface area contributed by atoms with Gasteiger partial charge in [-0.05, 0) is 6.07 Å². The first-order valence-electron chi connectivity index (χ1n) is 3.57. The lowest BCUT2D eigenvalue weighted by molar-refractivity contribution is 1.31. The van der Waals surface area contributed by atoms with Gasteiger partial charge < -0.3 is 0 Å². The van der Waals surface area contributed by atoms with Gasteiger partial charge in [0.25, 0.3) is 0 Å². The molecule has 0 N–H and O–H groups in total. The van der Waals surface area contributed by atoms with Crippen molar-refractivity contribution in [3.05, 3.63) is 41.3 Å². The SMILES string of the molecule is S=c1cncc2ccccc2n1. The number of hydrogen-bond acceptors (Lipinski definition) is 3.